The van der Waals surface area contributed by atoms with Crippen molar-refractivity contribution in [1.29, 1.82) is 0 Å². The Bertz CT molecular complexity index is 1260. The molecule has 0 fully saturated rings. The van der Waals surface area contributed by atoms with Crippen molar-refractivity contribution in [2.45, 2.75) is 32.5 Å². The number of rotatable bonds is 8. The van der Waals surface area contributed by atoms with Gasteiger partial charge in [0.25, 0.3) is 0 Å². The normalized spacial score (nSPS) is 13.6. The number of fused-ring (bicyclic) bond motifs is 1. The minimum absolute atomic E-state index is 0.0126. The number of amides is 1. The average Bonchev–Trinajstić information content (AvgIpc) is 3.16. The molecule has 5 rings (SSSR count). The Morgan fingerprint density at radius 2 is 1.57 bits per heavy atom. The van der Waals surface area contributed by atoms with Crippen molar-refractivity contribution in [2.24, 2.45) is 0 Å². The van der Waals surface area contributed by atoms with Crippen LogP contribution < -0.4 is 10.1 Å². The highest BCUT2D eigenvalue weighted by atomic mass is 16.5. The molecule has 4 aromatic rings. The highest BCUT2D eigenvalue weighted by molar-refractivity contribution is 5.78. The summed E-state index contributed by atoms with van der Waals surface area (Å²) in [5.41, 5.74) is 2.21. The van der Waals surface area contributed by atoms with Gasteiger partial charge >= 0.3 is 0 Å². The lowest BCUT2D eigenvalue weighted by Gasteiger charge is -2.20. The van der Waals surface area contributed by atoms with Crippen molar-refractivity contribution in [3.8, 4) is 11.5 Å². The van der Waals surface area contributed by atoms with Crippen LogP contribution in [0.1, 0.15) is 22.8 Å². The van der Waals surface area contributed by atoms with Gasteiger partial charge in [0.05, 0.1) is 13.0 Å². The first-order valence-electron chi connectivity index (χ1n) is 12.0. The number of carbonyl (C=O) groups is 1. The van der Waals surface area contributed by atoms with E-state index >= 15 is 0 Å². The molecule has 1 N–H and O–H groups in total. The van der Waals surface area contributed by atoms with Crippen LogP contribution in [-0.2, 0) is 37.3 Å². The van der Waals surface area contributed by atoms with E-state index in [-0.39, 0.29) is 5.91 Å². The van der Waals surface area contributed by atoms with Gasteiger partial charge in [-0.05, 0) is 35.4 Å². The van der Waals surface area contributed by atoms with Gasteiger partial charge in [0, 0.05) is 32.6 Å². The van der Waals surface area contributed by atoms with Crippen molar-refractivity contribution in [2.75, 3.05) is 13.1 Å². The molecule has 0 atom stereocenters. The van der Waals surface area contributed by atoms with Gasteiger partial charge in [0.2, 0.25) is 5.91 Å². The fourth-order valence-electron chi connectivity index (χ4n) is 4.33. The van der Waals surface area contributed by atoms with Crippen LogP contribution in [0.3, 0.4) is 0 Å². The Morgan fingerprint density at radius 3 is 2.40 bits per heavy atom. The van der Waals surface area contributed by atoms with E-state index in [2.05, 4.69) is 37.1 Å². The number of hydrogen-bond acceptors (Lipinski definition) is 5. The summed E-state index contributed by atoms with van der Waals surface area (Å²) < 4.78 is 8.15. The summed E-state index contributed by atoms with van der Waals surface area (Å²) in [5.74, 6) is 3.44. The second-order valence-corrected chi connectivity index (χ2v) is 8.71. The summed E-state index contributed by atoms with van der Waals surface area (Å²) in [6.45, 7) is 3.82. The highest BCUT2D eigenvalue weighted by Crippen LogP contribution is 2.23. The molecule has 1 aliphatic rings. The molecule has 1 aromatic heterocycles. The van der Waals surface area contributed by atoms with E-state index in [1.807, 2.05) is 72.8 Å². The van der Waals surface area contributed by atoms with Crippen LogP contribution in [0.25, 0.3) is 0 Å². The minimum atomic E-state index is -0.0126. The van der Waals surface area contributed by atoms with Gasteiger partial charge in [-0.15, -0.1) is 10.2 Å². The molecule has 1 aliphatic heterocycles. The van der Waals surface area contributed by atoms with Crippen LogP contribution >= 0.6 is 0 Å². The Balaban J connectivity index is 1.16. The number of ether oxygens (including phenoxy) is 1. The summed E-state index contributed by atoms with van der Waals surface area (Å²) in [5, 5.41) is 11.7. The average molecular weight is 468 g/mol. The minimum Gasteiger partial charge on any atom is -0.457 e. The fourth-order valence-corrected chi connectivity index (χ4v) is 4.33. The SMILES string of the molecule is O=C(Cc1ccccc1)NCc1nnc2n1CCN(Cc1cccc(Oc3ccccc3)c1)CC2. The van der Waals surface area contributed by atoms with E-state index in [0.29, 0.717) is 13.0 Å². The maximum atomic E-state index is 12.4. The van der Waals surface area contributed by atoms with E-state index < -0.39 is 0 Å². The molecule has 0 spiro atoms. The van der Waals surface area contributed by atoms with Crippen molar-refractivity contribution in [3.63, 3.8) is 0 Å². The zero-order chi connectivity index (χ0) is 23.9. The third kappa shape index (κ3) is 6.13. The Hall–Kier alpha value is -3.97. The molecule has 0 radical (unpaired) electrons. The fraction of sp³-hybridized carbons (Fsp3) is 0.250. The lowest BCUT2D eigenvalue weighted by atomic mass is 10.1. The van der Waals surface area contributed by atoms with Gasteiger partial charge in [-0.1, -0.05) is 60.7 Å². The molecule has 0 bridgehead atoms. The van der Waals surface area contributed by atoms with Gasteiger partial charge in [-0.25, -0.2) is 0 Å². The summed E-state index contributed by atoms with van der Waals surface area (Å²) in [6, 6.07) is 27.8. The number of para-hydroxylation sites is 1. The van der Waals surface area contributed by atoms with E-state index in [9.17, 15) is 4.79 Å². The second kappa shape index (κ2) is 11.0. The van der Waals surface area contributed by atoms with Crippen LogP contribution in [0, 0.1) is 0 Å². The first-order valence-corrected chi connectivity index (χ1v) is 12.0. The molecule has 35 heavy (non-hydrogen) atoms. The van der Waals surface area contributed by atoms with Gasteiger partial charge < -0.3 is 14.6 Å². The van der Waals surface area contributed by atoms with Crippen LogP contribution in [0.5, 0.6) is 11.5 Å². The summed E-state index contributed by atoms with van der Waals surface area (Å²) >= 11 is 0. The van der Waals surface area contributed by atoms with Crippen LogP contribution in [-0.4, -0.2) is 38.7 Å². The zero-order valence-corrected chi connectivity index (χ0v) is 19.6. The summed E-state index contributed by atoms with van der Waals surface area (Å²) in [7, 11) is 0. The smallest absolute Gasteiger partial charge is 0.224 e. The first-order chi connectivity index (χ1) is 17.2. The van der Waals surface area contributed by atoms with Crippen LogP contribution in [0.2, 0.25) is 0 Å². The lowest BCUT2D eigenvalue weighted by molar-refractivity contribution is -0.120. The maximum Gasteiger partial charge on any atom is 0.224 e. The topological polar surface area (TPSA) is 72.3 Å². The molecule has 0 aliphatic carbocycles. The second-order valence-electron chi connectivity index (χ2n) is 8.71. The number of hydrogen-bond donors (Lipinski definition) is 1. The van der Waals surface area contributed by atoms with Crippen LogP contribution in [0.15, 0.2) is 84.9 Å². The van der Waals surface area contributed by atoms with Crippen LogP contribution in [0.4, 0.5) is 0 Å². The number of nitrogens with one attached hydrogen (secondary N) is 1. The van der Waals surface area contributed by atoms with Gasteiger partial charge in [0.1, 0.15) is 17.3 Å². The molecule has 1 amide bonds. The molecule has 3 aromatic carbocycles. The number of nitrogens with zero attached hydrogens (tertiary/aromatic N) is 4. The molecule has 7 nitrogen and oxygen atoms in total. The number of benzene rings is 3. The molecular formula is C28H29N5O2. The molecule has 178 valence electrons. The third-order valence-electron chi connectivity index (χ3n) is 6.13. The predicted octanol–water partition coefficient (Wildman–Crippen LogP) is 3.99. The van der Waals surface area contributed by atoms with Crippen molar-refractivity contribution in [3.05, 3.63) is 108 Å². The molecule has 2 heterocycles. The quantitative estimate of drug-likeness (QED) is 0.424. The molecule has 0 saturated carbocycles. The highest BCUT2D eigenvalue weighted by Gasteiger charge is 2.19. The molecular weight excluding hydrogens is 438 g/mol. The predicted molar refractivity (Wildman–Crippen MR) is 134 cm³/mol. The van der Waals surface area contributed by atoms with Crippen molar-refractivity contribution >= 4 is 5.91 Å². The third-order valence-corrected chi connectivity index (χ3v) is 6.13. The van der Waals surface area contributed by atoms with Gasteiger partial charge in [-0.2, -0.15) is 0 Å². The monoisotopic (exact) mass is 467 g/mol. The van der Waals surface area contributed by atoms with Gasteiger partial charge in [-0.3, -0.25) is 9.69 Å². The molecule has 0 unspecified atom stereocenters. The standard InChI is InChI=1S/C28H29N5O2/c34-28(19-22-8-3-1-4-9-22)29-20-27-31-30-26-14-15-32(16-17-33(26)27)21-23-10-7-13-25(18-23)35-24-11-5-2-6-12-24/h1-13,18H,14-17,19-21H2,(H,29,34). The number of carbonyl (C=O) groups excluding carboxylic acids is 1. The van der Waals surface area contributed by atoms with E-state index in [1.165, 1.54) is 5.56 Å². The Labute approximate surface area is 205 Å². The van der Waals surface area contributed by atoms with Gasteiger partial charge in [0.15, 0.2) is 5.82 Å². The summed E-state index contributed by atoms with van der Waals surface area (Å²) in [6.07, 6.45) is 1.19. The molecule has 0 saturated heterocycles. The molecule has 7 heteroatoms. The van der Waals surface area contributed by atoms with E-state index in [1.54, 1.807) is 0 Å². The lowest BCUT2D eigenvalue weighted by Crippen LogP contribution is -2.28. The van der Waals surface area contributed by atoms with Crippen molar-refractivity contribution < 1.29 is 9.53 Å². The van der Waals surface area contributed by atoms with Crippen molar-refractivity contribution in [1.82, 2.24) is 25.0 Å². The van der Waals surface area contributed by atoms with E-state index in [4.69, 9.17) is 4.74 Å². The summed E-state index contributed by atoms with van der Waals surface area (Å²) in [4.78, 5) is 14.8. The number of aromatic nitrogens is 3. The zero-order valence-electron chi connectivity index (χ0n) is 19.6. The Kier molecular flexibility index (Phi) is 7.15. The first kappa shape index (κ1) is 22.8. The largest absolute Gasteiger partial charge is 0.457 e. The van der Waals surface area contributed by atoms with E-state index in [0.717, 1.165) is 61.3 Å². The maximum absolute atomic E-state index is 12.4. The Morgan fingerprint density at radius 1 is 0.829 bits per heavy atom.